The van der Waals surface area contributed by atoms with E-state index in [4.69, 9.17) is 9.15 Å². The first kappa shape index (κ1) is 19.3. The van der Waals surface area contributed by atoms with E-state index in [0.29, 0.717) is 19.0 Å². The Morgan fingerprint density at radius 1 is 1.30 bits per heavy atom. The molecule has 0 spiro atoms. The Balaban J connectivity index is 0.00000264. The van der Waals surface area contributed by atoms with Crippen molar-refractivity contribution in [2.45, 2.75) is 13.0 Å². The van der Waals surface area contributed by atoms with Crippen molar-refractivity contribution in [3.63, 3.8) is 0 Å². The molecule has 0 atom stereocenters. The van der Waals surface area contributed by atoms with E-state index in [9.17, 15) is 4.39 Å². The van der Waals surface area contributed by atoms with Crippen LogP contribution in [0.25, 0.3) is 0 Å². The minimum atomic E-state index is -0.373. The molecule has 5 nitrogen and oxygen atoms in total. The summed E-state index contributed by atoms with van der Waals surface area (Å²) < 4.78 is 23.8. The molecule has 126 valence electrons. The highest BCUT2D eigenvalue weighted by Crippen LogP contribution is 2.17. The lowest BCUT2D eigenvalue weighted by Gasteiger charge is -2.12. The molecule has 1 heterocycles. The Morgan fingerprint density at radius 2 is 2.13 bits per heavy atom. The van der Waals surface area contributed by atoms with Crippen LogP contribution in [0.5, 0.6) is 5.75 Å². The van der Waals surface area contributed by atoms with Gasteiger partial charge in [-0.1, -0.05) is 6.07 Å². The van der Waals surface area contributed by atoms with Gasteiger partial charge in [0.25, 0.3) is 0 Å². The largest absolute Gasteiger partial charge is 0.494 e. The number of hydrogen-bond donors (Lipinski definition) is 2. The number of furan rings is 1. The Hall–Kier alpha value is -1.77. The second kappa shape index (κ2) is 10.1. The number of halogens is 2. The van der Waals surface area contributed by atoms with Crippen LogP contribution in [-0.2, 0) is 13.0 Å². The summed E-state index contributed by atoms with van der Waals surface area (Å²) in [6.45, 7) is 1.17. The number of nitrogens with zero attached hydrogens (tertiary/aromatic N) is 1. The van der Waals surface area contributed by atoms with Crippen LogP contribution in [0.1, 0.15) is 11.3 Å². The Morgan fingerprint density at radius 3 is 2.74 bits per heavy atom. The van der Waals surface area contributed by atoms with Crippen LogP contribution in [0.4, 0.5) is 4.39 Å². The van der Waals surface area contributed by atoms with E-state index >= 15 is 0 Å². The summed E-state index contributed by atoms with van der Waals surface area (Å²) >= 11 is 0. The molecule has 1 aromatic heterocycles. The van der Waals surface area contributed by atoms with Gasteiger partial charge >= 0.3 is 0 Å². The van der Waals surface area contributed by atoms with Crippen LogP contribution in [0.3, 0.4) is 0 Å². The van der Waals surface area contributed by atoms with Gasteiger partial charge in [-0.05, 0) is 29.8 Å². The Kier molecular flexibility index (Phi) is 8.46. The van der Waals surface area contributed by atoms with Crippen LogP contribution in [-0.4, -0.2) is 26.7 Å². The summed E-state index contributed by atoms with van der Waals surface area (Å²) in [6, 6.07) is 8.66. The molecule has 23 heavy (non-hydrogen) atoms. The molecule has 0 aliphatic carbocycles. The van der Waals surface area contributed by atoms with Gasteiger partial charge in [0.15, 0.2) is 17.5 Å². The standard InChI is InChI=1S/C16H20FN3O2.HI/c1-18-16(19-8-7-13-4-3-9-22-13)20-11-12-5-6-15(21-2)14(17)10-12;/h3-6,9-10H,7-8,11H2,1-2H3,(H2,18,19,20);1H. The van der Waals surface area contributed by atoms with E-state index in [1.165, 1.54) is 13.2 Å². The lowest BCUT2D eigenvalue weighted by atomic mass is 10.2. The van der Waals surface area contributed by atoms with E-state index in [2.05, 4.69) is 15.6 Å². The Bertz CT molecular complexity index is 618. The Labute approximate surface area is 152 Å². The summed E-state index contributed by atoms with van der Waals surface area (Å²) in [7, 11) is 3.14. The first-order valence-corrected chi connectivity index (χ1v) is 7.02. The number of benzene rings is 1. The van der Waals surface area contributed by atoms with Gasteiger partial charge in [-0.2, -0.15) is 0 Å². The number of methoxy groups -OCH3 is 1. The van der Waals surface area contributed by atoms with E-state index in [0.717, 1.165) is 17.7 Å². The number of rotatable bonds is 6. The molecule has 7 heteroatoms. The maximum atomic E-state index is 13.6. The highest BCUT2D eigenvalue weighted by molar-refractivity contribution is 14.0. The number of hydrogen-bond acceptors (Lipinski definition) is 3. The molecule has 2 N–H and O–H groups in total. The fourth-order valence-corrected chi connectivity index (χ4v) is 1.99. The molecule has 0 unspecified atom stereocenters. The third-order valence-electron chi connectivity index (χ3n) is 3.14. The van der Waals surface area contributed by atoms with E-state index in [1.54, 1.807) is 19.4 Å². The van der Waals surface area contributed by atoms with Gasteiger partial charge < -0.3 is 19.8 Å². The monoisotopic (exact) mass is 433 g/mol. The molecule has 0 saturated heterocycles. The van der Waals surface area contributed by atoms with E-state index < -0.39 is 0 Å². The summed E-state index contributed by atoms with van der Waals surface area (Å²) in [4.78, 5) is 4.12. The van der Waals surface area contributed by atoms with Crippen LogP contribution >= 0.6 is 24.0 Å². The summed E-state index contributed by atoms with van der Waals surface area (Å²) in [6.07, 6.45) is 2.42. The van der Waals surface area contributed by atoms with Crippen LogP contribution in [0.15, 0.2) is 46.0 Å². The molecule has 2 rings (SSSR count). The van der Waals surface area contributed by atoms with Crippen molar-refractivity contribution in [3.8, 4) is 5.75 Å². The molecule has 0 amide bonds. The molecular formula is C16H21FIN3O2. The van der Waals surface area contributed by atoms with Crippen molar-refractivity contribution in [2.75, 3.05) is 20.7 Å². The zero-order valence-electron chi connectivity index (χ0n) is 13.1. The summed E-state index contributed by atoms with van der Waals surface area (Å²) in [5, 5.41) is 6.31. The third-order valence-corrected chi connectivity index (χ3v) is 3.14. The third kappa shape index (κ3) is 6.09. The molecule has 0 bridgehead atoms. The molecule has 0 fully saturated rings. The van der Waals surface area contributed by atoms with Gasteiger partial charge in [0.05, 0.1) is 13.4 Å². The second-order valence-corrected chi connectivity index (χ2v) is 4.65. The highest BCUT2D eigenvalue weighted by atomic mass is 127. The van der Waals surface area contributed by atoms with Gasteiger partial charge in [-0.15, -0.1) is 24.0 Å². The minimum absolute atomic E-state index is 0. The second-order valence-electron chi connectivity index (χ2n) is 4.65. The maximum absolute atomic E-state index is 13.6. The van der Waals surface area contributed by atoms with E-state index in [-0.39, 0.29) is 35.5 Å². The van der Waals surface area contributed by atoms with Gasteiger partial charge in [-0.3, -0.25) is 4.99 Å². The van der Waals surface area contributed by atoms with Crippen molar-refractivity contribution >= 4 is 29.9 Å². The maximum Gasteiger partial charge on any atom is 0.191 e. The molecule has 0 saturated carbocycles. The number of ether oxygens (including phenoxy) is 1. The lowest BCUT2D eigenvalue weighted by Crippen LogP contribution is -2.37. The molecule has 2 aromatic rings. The molecule has 1 aromatic carbocycles. The van der Waals surface area contributed by atoms with Crippen molar-refractivity contribution in [2.24, 2.45) is 4.99 Å². The molecule has 0 aliphatic heterocycles. The quantitative estimate of drug-likeness (QED) is 0.418. The molecule has 0 radical (unpaired) electrons. The van der Waals surface area contributed by atoms with Crippen molar-refractivity contribution in [1.29, 1.82) is 0 Å². The van der Waals surface area contributed by atoms with Gasteiger partial charge in [0.1, 0.15) is 5.76 Å². The van der Waals surface area contributed by atoms with Crippen molar-refractivity contribution in [1.82, 2.24) is 10.6 Å². The van der Waals surface area contributed by atoms with Crippen molar-refractivity contribution < 1.29 is 13.5 Å². The van der Waals surface area contributed by atoms with Gasteiger partial charge in [0.2, 0.25) is 0 Å². The summed E-state index contributed by atoms with van der Waals surface area (Å²) in [5.74, 6) is 1.44. The van der Waals surface area contributed by atoms with E-state index in [1.807, 2.05) is 18.2 Å². The number of nitrogens with one attached hydrogen (secondary N) is 2. The molecule has 0 aliphatic rings. The minimum Gasteiger partial charge on any atom is -0.494 e. The highest BCUT2D eigenvalue weighted by Gasteiger charge is 2.04. The van der Waals surface area contributed by atoms with Crippen LogP contribution in [0.2, 0.25) is 0 Å². The van der Waals surface area contributed by atoms with Crippen LogP contribution < -0.4 is 15.4 Å². The fourth-order valence-electron chi connectivity index (χ4n) is 1.99. The zero-order valence-corrected chi connectivity index (χ0v) is 15.5. The normalized spacial score (nSPS) is 10.8. The predicted octanol–water partition coefficient (Wildman–Crippen LogP) is 2.95. The van der Waals surface area contributed by atoms with Crippen LogP contribution in [0, 0.1) is 5.82 Å². The fraction of sp³-hybridized carbons (Fsp3) is 0.312. The average molecular weight is 433 g/mol. The van der Waals surface area contributed by atoms with Crippen molar-refractivity contribution in [3.05, 3.63) is 53.7 Å². The first-order valence-electron chi connectivity index (χ1n) is 7.02. The lowest BCUT2D eigenvalue weighted by molar-refractivity contribution is 0.386. The topological polar surface area (TPSA) is 58.8 Å². The predicted molar refractivity (Wildman–Crippen MR) is 99.0 cm³/mol. The smallest absolute Gasteiger partial charge is 0.191 e. The zero-order chi connectivity index (χ0) is 15.8. The first-order chi connectivity index (χ1) is 10.7. The van der Waals surface area contributed by atoms with Gasteiger partial charge in [0, 0.05) is 26.6 Å². The number of aliphatic imine (C=N–C) groups is 1. The van der Waals surface area contributed by atoms with Gasteiger partial charge in [-0.25, -0.2) is 4.39 Å². The number of guanidine groups is 1. The summed E-state index contributed by atoms with van der Waals surface area (Å²) in [5.41, 5.74) is 0.812. The SMILES string of the molecule is CN=C(NCCc1ccco1)NCc1ccc(OC)c(F)c1.I. The average Bonchev–Trinajstić information content (AvgIpc) is 3.04. The molecular weight excluding hydrogens is 412 g/mol.